The third-order valence-electron chi connectivity index (χ3n) is 2.27. The molecule has 7 nitrogen and oxygen atoms in total. The van der Waals surface area contributed by atoms with Gasteiger partial charge in [0.2, 0.25) is 5.28 Å². The third-order valence-corrected chi connectivity index (χ3v) is 2.46. The van der Waals surface area contributed by atoms with Gasteiger partial charge in [0.1, 0.15) is 11.6 Å². The van der Waals surface area contributed by atoms with Crippen LogP contribution in [0.5, 0.6) is 0 Å². The predicted octanol–water partition coefficient (Wildman–Crippen LogP) is 2.43. The molecule has 2 aromatic rings. The molecule has 0 aliphatic rings. The van der Waals surface area contributed by atoms with E-state index in [4.69, 9.17) is 11.6 Å². The van der Waals surface area contributed by atoms with Gasteiger partial charge in [0.25, 0.3) is 11.6 Å². The number of carbonyl (C=O) groups excluding carboxylic acids is 1. The summed E-state index contributed by atoms with van der Waals surface area (Å²) in [5, 5.41) is 12.8. The quantitative estimate of drug-likeness (QED) is 0.533. The molecular weight excluding hydrogens is 291 g/mol. The smallest absolute Gasteiger partial charge is 0.270 e. The number of amides is 1. The maximum atomic E-state index is 13.5. The Kier molecular flexibility index (Phi) is 3.85. The second kappa shape index (κ2) is 5.57. The van der Waals surface area contributed by atoms with Crippen molar-refractivity contribution >= 4 is 29.0 Å². The molecule has 1 aromatic heterocycles. The molecule has 9 heteroatoms. The summed E-state index contributed by atoms with van der Waals surface area (Å²) >= 11 is 5.54. The molecule has 0 saturated carbocycles. The first-order valence-corrected chi connectivity index (χ1v) is 5.59. The Hall–Kier alpha value is -2.61. The van der Waals surface area contributed by atoms with Crippen molar-refractivity contribution in [1.29, 1.82) is 0 Å². The number of nitro benzene ring substituents is 1. The highest BCUT2D eigenvalue weighted by Gasteiger charge is 2.17. The zero-order valence-electron chi connectivity index (χ0n) is 9.71. The Balaban J connectivity index is 2.29. The largest absolute Gasteiger partial charge is 0.306 e. The highest BCUT2D eigenvalue weighted by atomic mass is 35.5. The van der Waals surface area contributed by atoms with E-state index in [-0.39, 0.29) is 11.1 Å². The molecule has 0 bridgehead atoms. The number of anilines is 1. The van der Waals surface area contributed by atoms with Gasteiger partial charge in [-0.15, -0.1) is 0 Å². The summed E-state index contributed by atoms with van der Waals surface area (Å²) in [5.41, 5.74) is -0.855. The number of nitro groups is 1. The lowest BCUT2D eigenvalue weighted by Crippen LogP contribution is -2.15. The van der Waals surface area contributed by atoms with Crippen LogP contribution in [0.2, 0.25) is 5.28 Å². The van der Waals surface area contributed by atoms with Crippen LogP contribution in [0, 0.1) is 15.9 Å². The number of benzene rings is 1. The van der Waals surface area contributed by atoms with Gasteiger partial charge < -0.3 is 5.32 Å². The Morgan fingerprint density at radius 3 is 2.80 bits per heavy atom. The van der Waals surface area contributed by atoms with Crippen LogP contribution >= 0.6 is 11.6 Å². The lowest BCUT2D eigenvalue weighted by Gasteiger charge is -2.05. The van der Waals surface area contributed by atoms with E-state index in [2.05, 4.69) is 15.3 Å². The Morgan fingerprint density at radius 2 is 2.15 bits per heavy atom. The first kappa shape index (κ1) is 13.8. The highest BCUT2D eigenvalue weighted by molar-refractivity contribution is 6.28. The lowest BCUT2D eigenvalue weighted by atomic mass is 10.1. The number of nitrogens with one attached hydrogen (secondary N) is 1. The van der Waals surface area contributed by atoms with Gasteiger partial charge in [-0.1, -0.05) is 0 Å². The van der Waals surface area contributed by atoms with Crippen molar-refractivity contribution in [2.45, 2.75) is 0 Å². The van der Waals surface area contributed by atoms with Crippen molar-refractivity contribution in [1.82, 2.24) is 9.97 Å². The summed E-state index contributed by atoms with van der Waals surface area (Å²) < 4.78 is 13.5. The minimum atomic E-state index is -0.881. The van der Waals surface area contributed by atoms with E-state index >= 15 is 0 Å². The standard InChI is InChI=1S/C11H6ClFN4O3/c12-11-14-4-3-9(16-11)15-10(18)7-5-6(17(19)20)1-2-8(7)13/h1-5H,(H,14,15,16,18). The van der Waals surface area contributed by atoms with Gasteiger partial charge in [-0.3, -0.25) is 14.9 Å². The zero-order valence-corrected chi connectivity index (χ0v) is 10.5. The minimum Gasteiger partial charge on any atom is -0.306 e. The molecule has 0 fully saturated rings. The number of hydrogen-bond donors (Lipinski definition) is 1. The normalized spacial score (nSPS) is 10.1. The summed E-state index contributed by atoms with van der Waals surface area (Å²) in [5.74, 6) is -1.70. The highest BCUT2D eigenvalue weighted by Crippen LogP contribution is 2.18. The number of carbonyl (C=O) groups is 1. The lowest BCUT2D eigenvalue weighted by molar-refractivity contribution is -0.384. The molecule has 0 saturated heterocycles. The van der Waals surface area contributed by atoms with Crippen molar-refractivity contribution in [2.24, 2.45) is 0 Å². The fraction of sp³-hybridized carbons (Fsp3) is 0. The number of aromatic nitrogens is 2. The number of nitrogens with zero attached hydrogens (tertiary/aromatic N) is 3. The monoisotopic (exact) mass is 296 g/mol. The molecule has 1 N–H and O–H groups in total. The van der Waals surface area contributed by atoms with Gasteiger partial charge in [-0.25, -0.2) is 14.4 Å². The van der Waals surface area contributed by atoms with Crippen LogP contribution in [0.25, 0.3) is 0 Å². The zero-order chi connectivity index (χ0) is 14.7. The average Bonchev–Trinajstić information content (AvgIpc) is 2.38. The number of non-ortho nitro benzene ring substituents is 1. The van der Waals surface area contributed by atoms with Gasteiger partial charge >= 0.3 is 0 Å². The molecule has 0 spiro atoms. The molecule has 2 rings (SSSR count). The summed E-state index contributed by atoms with van der Waals surface area (Å²) in [6.07, 6.45) is 1.30. The molecule has 1 amide bonds. The van der Waals surface area contributed by atoms with Gasteiger partial charge in [-0.2, -0.15) is 0 Å². The second-order valence-electron chi connectivity index (χ2n) is 3.59. The van der Waals surface area contributed by atoms with Crippen LogP contribution < -0.4 is 5.32 Å². The first-order chi connectivity index (χ1) is 9.47. The molecule has 0 aliphatic heterocycles. The third kappa shape index (κ3) is 3.04. The van der Waals surface area contributed by atoms with E-state index in [0.717, 1.165) is 18.2 Å². The second-order valence-corrected chi connectivity index (χ2v) is 3.92. The average molecular weight is 297 g/mol. The minimum absolute atomic E-state index is 0.0564. The van der Waals surface area contributed by atoms with Gasteiger partial charge in [0.15, 0.2) is 0 Å². The summed E-state index contributed by atoms with van der Waals surface area (Å²) in [4.78, 5) is 29.0. The van der Waals surface area contributed by atoms with Crippen LogP contribution in [0.4, 0.5) is 15.9 Å². The van der Waals surface area contributed by atoms with Gasteiger partial charge in [0, 0.05) is 18.3 Å². The number of hydrogen-bond acceptors (Lipinski definition) is 5. The fourth-order valence-corrected chi connectivity index (χ4v) is 1.54. The summed E-state index contributed by atoms with van der Waals surface area (Å²) in [6, 6.07) is 4.00. The first-order valence-electron chi connectivity index (χ1n) is 5.21. The van der Waals surface area contributed by atoms with Crippen LogP contribution in [0.3, 0.4) is 0 Å². The molecule has 1 heterocycles. The molecule has 102 valence electrons. The predicted molar refractivity (Wildman–Crippen MR) is 68.0 cm³/mol. The van der Waals surface area contributed by atoms with Crippen LogP contribution in [0.1, 0.15) is 10.4 Å². The van der Waals surface area contributed by atoms with Crippen LogP contribution in [-0.4, -0.2) is 20.8 Å². The Morgan fingerprint density at radius 1 is 1.40 bits per heavy atom. The van der Waals surface area contributed by atoms with Gasteiger partial charge in [0.05, 0.1) is 10.5 Å². The van der Waals surface area contributed by atoms with E-state index in [1.807, 2.05) is 0 Å². The number of halogens is 2. The van der Waals surface area contributed by atoms with E-state index < -0.39 is 27.9 Å². The Bertz CT molecular complexity index is 695. The molecule has 0 unspecified atom stereocenters. The van der Waals surface area contributed by atoms with Crippen molar-refractivity contribution in [2.75, 3.05) is 5.32 Å². The van der Waals surface area contributed by atoms with Crippen molar-refractivity contribution in [3.8, 4) is 0 Å². The van der Waals surface area contributed by atoms with Crippen LogP contribution in [-0.2, 0) is 0 Å². The molecule has 0 atom stereocenters. The molecular formula is C11H6ClFN4O3. The summed E-state index contributed by atoms with van der Waals surface area (Å²) in [6.45, 7) is 0. The maximum absolute atomic E-state index is 13.5. The van der Waals surface area contributed by atoms with Crippen molar-refractivity contribution in [3.63, 3.8) is 0 Å². The van der Waals surface area contributed by atoms with E-state index in [9.17, 15) is 19.3 Å². The molecule has 0 radical (unpaired) electrons. The SMILES string of the molecule is O=C(Nc1ccnc(Cl)n1)c1cc([N+](=O)[O-])ccc1F. The van der Waals surface area contributed by atoms with Crippen molar-refractivity contribution in [3.05, 3.63) is 57.2 Å². The molecule has 20 heavy (non-hydrogen) atoms. The topological polar surface area (TPSA) is 98.0 Å². The molecule has 0 aliphatic carbocycles. The van der Waals surface area contributed by atoms with Gasteiger partial charge in [-0.05, 0) is 23.7 Å². The molecule has 1 aromatic carbocycles. The fourth-order valence-electron chi connectivity index (χ4n) is 1.39. The van der Waals surface area contributed by atoms with E-state index in [1.54, 1.807) is 0 Å². The van der Waals surface area contributed by atoms with Crippen LogP contribution in [0.15, 0.2) is 30.5 Å². The Labute approximate surface area is 116 Å². The van der Waals surface area contributed by atoms with E-state index in [1.165, 1.54) is 12.3 Å². The van der Waals surface area contributed by atoms with E-state index in [0.29, 0.717) is 0 Å². The number of rotatable bonds is 3. The van der Waals surface area contributed by atoms with Crippen molar-refractivity contribution < 1.29 is 14.1 Å². The maximum Gasteiger partial charge on any atom is 0.270 e. The summed E-state index contributed by atoms with van der Waals surface area (Å²) in [7, 11) is 0.